The van der Waals surface area contributed by atoms with Gasteiger partial charge in [0.1, 0.15) is 5.75 Å². The summed E-state index contributed by atoms with van der Waals surface area (Å²) in [5.74, 6) is 1.76. The van der Waals surface area contributed by atoms with Crippen molar-refractivity contribution in [2.24, 2.45) is 0 Å². The van der Waals surface area contributed by atoms with E-state index in [1.807, 2.05) is 26.1 Å². The highest BCUT2D eigenvalue weighted by molar-refractivity contribution is 5.60. The van der Waals surface area contributed by atoms with Crippen molar-refractivity contribution in [1.29, 1.82) is 0 Å². The second-order valence-corrected chi connectivity index (χ2v) is 6.70. The van der Waals surface area contributed by atoms with E-state index in [-0.39, 0.29) is 5.54 Å². The second kappa shape index (κ2) is 7.77. The zero-order valence-corrected chi connectivity index (χ0v) is 15.5. The van der Waals surface area contributed by atoms with Crippen molar-refractivity contribution in [2.75, 3.05) is 19.0 Å². The summed E-state index contributed by atoms with van der Waals surface area (Å²) in [6.45, 7) is 4.68. The van der Waals surface area contributed by atoms with E-state index < -0.39 is 0 Å². The number of hydrogen-bond acceptors (Lipinski definition) is 4. The fraction of sp³-hybridized carbons (Fsp3) is 0.476. The molecule has 1 aliphatic carbocycles. The van der Waals surface area contributed by atoms with Crippen molar-refractivity contribution < 1.29 is 9.47 Å². The van der Waals surface area contributed by atoms with Crippen molar-refractivity contribution in [3.63, 3.8) is 0 Å². The van der Waals surface area contributed by atoms with Gasteiger partial charge in [0, 0.05) is 6.20 Å². The fourth-order valence-corrected chi connectivity index (χ4v) is 3.84. The van der Waals surface area contributed by atoms with E-state index in [2.05, 4.69) is 34.6 Å². The summed E-state index contributed by atoms with van der Waals surface area (Å²) in [6, 6.07) is 10.6. The van der Waals surface area contributed by atoms with Gasteiger partial charge in [-0.25, -0.2) is 0 Å². The van der Waals surface area contributed by atoms with Crippen LogP contribution in [0.25, 0.3) is 0 Å². The average molecular weight is 340 g/mol. The molecule has 0 spiro atoms. The van der Waals surface area contributed by atoms with Gasteiger partial charge in [-0.1, -0.05) is 31.4 Å². The molecular weight excluding hydrogens is 312 g/mol. The first-order valence-electron chi connectivity index (χ1n) is 9.19. The lowest BCUT2D eigenvalue weighted by Gasteiger charge is -2.40. The summed E-state index contributed by atoms with van der Waals surface area (Å²) in [4.78, 5) is 4.35. The first-order chi connectivity index (χ1) is 12.2. The average Bonchev–Trinajstić information content (AvgIpc) is 2.64. The second-order valence-electron chi connectivity index (χ2n) is 6.70. The van der Waals surface area contributed by atoms with Crippen molar-refractivity contribution >= 4 is 5.69 Å². The molecule has 1 aliphatic rings. The number of ether oxygens (including phenoxy) is 2. The quantitative estimate of drug-likeness (QED) is 0.797. The molecule has 25 heavy (non-hydrogen) atoms. The fourth-order valence-electron chi connectivity index (χ4n) is 3.84. The number of aryl methyl sites for hydroxylation is 1. The van der Waals surface area contributed by atoms with Crippen LogP contribution in [0.3, 0.4) is 0 Å². The Morgan fingerprint density at radius 3 is 2.44 bits per heavy atom. The minimum atomic E-state index is -0.0654. The number of pyridine rings is 1. The molecule has 0 saturated heterocycles. The maximum atomic E-state index is 5.60. The van der Waals surface area contributed by atoms with Gasteiger partial charge in [-0.15, -0.1) is 0 Å². The third-order valence-corrected chi connectivity index (χ3v) is 5.09. The normalized spacial score (nSPS) is 16.3. The van der Waals surface area contributed by atoms with Gasteiger partial charge < -0.3 is 14.8 Å². The van der Waals surface area contributed by atoms with Gasteiger partial charge in [-0.3, -0.25) is 4.98 Å². The third kappa shape index (κ3) is 3.73. The lowest BCUT2D eigenvalue weighted by atomic mass is 9.76. The van der Waals surface area contributed by atoms with E-state index in [1.165, 1.54) is 24.8 Å². The lowest BCUT2D eigenvalue weighted by Crippen LogP contribution is -2.37. The number of rotatable bonds is 6. The number of hydrogen-bond donors (Lipinski definition) is 1. The highest BCUT2D eigenvalue weighted by Crippen LogP contribution is 2.42. The predicted octanol–water partition coefficient (Wildman–Crippen LogP) is 5.07. The Balaban J connectivity index is 1.95. The van der Waals surface area contributed by atoms with Crippen LogP contribution in [0, 0.1) is 6.92 Å². The molecule has 1 aromatic heterocycles. The highest BCUT2D eigenvalue weighted by atomic mass is 16.5. The van der Waals surface area contributed by atoms with E-state index in [0.717, 1.165) is 35.7 Å². The van der Waals surface area contributed by atoms with E-state index in [9.17, 15) is 0 Å². The topological polar surface area (TPSA) is 43.4 Å². The van der Waals surface area contributed by atoms with Crippen LogP contribution in [0.15, 0.2) is 36.5 Å². The van der Waals surface area contributed by atoms with Crippen molar-refractivity contribution in [3.8, 4) is 11.5 Å². The predicted molar refractivity (Wildman–Crippen MR) is 102 cm³/mol. The first kappa shape index (κ1) is 17.6. The number of nitrogens with zero attached hydrogens (tertiary/aromatic N) is 1. The van der Waals surface area contributed by atoms with Crippen LogP contribution >= 0.6 is 0 Å². The standard InChI is InChI=1S/C21H28N2O2/c1-4-25-18-10-8-17(9-11-18)21(13-6-5-7-14-21)23-19-12-15-22-16(2)20(19)24-3/h8-12,15H,4-7,13-14H2,1-3H3,(H,22,23). The minimum Gasteiger partial charge on any atom is -0.494 e. The Morgan fingerprint density at radius 2 is 1.80 bits per heavy atom. The Kier molecular flexibility index (Phi) is 5.47. The number of benzene rings is 1. The molecular formula is C21H28N2O2. The van der Waals surface area contributed by atoms with E-state index in [1.54, 1.807) is 7.11 Å². The summed E-state index contributed by atoms with van der Waals surface area (Å²) in [7, 11) is 1.71. The summed E-state index contributed by atoms with van der Waals surface area (Å²) in [5, 5.41) is 3.82. The SMILES string of the molecule is CCOc1ccc(C2(Nc3ccnc(C)c3OC)CCCCC2)cc1. The number of nitrogens with one attached hydrogen (secondary N) is 1. The molecule has 0 bridgehead atoms. The van der Waals surface area contributed by atoms with Gasteiger partial charge in [-0.05, 0) is 50.5 Å². The van der Waals surface area contributed by atoms with Crippen LogP contribution in [-0.2, 0) is 5.54 Å². The van der Waals surface area contributed by atoms with Gasteiger partial charge >= 0.3 is 0 Å². The molecule has 1 N–H and O–H groups in total. The molecule has 0 atom stereocenters. The number of anilines is 1. The van der Waals surface area contributed by atoms with Crippen molar-refractivity contribution in [2.45, 2.75) is 51.5 Å². The van der Waals surface area contributed by atoms with Crippen LogP contribution in [0.2, 0.25) is 0 Å². The smallest absolute Gasteiger partial charge is 0.163 e. The van der Waals surface area contributed by atoms with E-state index >= 15 is 0 Å². The van der Waals surface area contributed by atoms with Crippen LogP contribution in [0.1, 0.15) is 50.3 Å². The van der Waals surface area contributed by atoms with Crippen LogP contribution < -0.4 is 14.8 Å². The summed E-state index contributed by atoms with van der Waals surface area (Å²) >= 11 is 0. The lowest BCUT2D eigenvalue weighted by molar-refractivity contribution is 0.325. The van der Waals surface area contributed by atoms with Crippen molar-refractivity contribution in [1.82, 2.24) is 4.98 Å². The third-order valence-electron chi connectivity index (χ3n) is 5.09. The Bertz CT molecular complexity index is 692. The van der Waals surface area contributed by atoms with Gasteiger partial charge in [-0.2, -0.15) is 0 Å². The van der Waals surface area contributed by atoms with Gasteiger partial charge in [0.15, 0.2) is 5.75 Å². The first-order valence-corrected chi connectivity index (χ1v) is 9.19. The molecule has 4 nitrogen and oxygen atoms in total. The van der Waals surface area contributed by atoms with Crippen LogP contribution in [0.5, 0.6) is 11.5 Å². The zero-order chi connectivity index (χ0) is 17.7. The maximum absolute atomic E-state index is 5.60. The molecule has 134 valence electrons. The molecule has 1 saturated carbocycles. The minimum absolute atomic E-state index is 0.0654. The Morgan fingerprint density at radius 1 is 1.08 bits per heavy atom. The molecule has 3 rings (SSSR count). The number of methoxy groups -OCH3 is 1. The summed E-state index contributed by atoms with van der Waals surface area (Å²) in [6.07, 6.45) is 7.83. The molecule has 0 unspecified atom stereocenters. The molecule has 4 heteroatoms. The highest BCUT2D eigenvalue weighted by Gasteiger charge is 2.34. The van der Waals surface area contributed by atoms with Gasteiger partial charge in [0.05, 0.1) is 30.6 Å². The molecule has 0 radical (unpaired) electrons. The number of aromatic nitrogens is 1. The monoisotopic (exact) mass is 340 g/mol. The molecule has 0 amide bonds. The molecule has 1 heterocycles. The molecule has 2 aromatic rings. The van der Waals surface area contributed by atoms with Crippen LogP contribution in [0.4, 0.5) is 5.69 Å². The maximum Gasteiger partial charge on any atom is 0.163 e. The van der Waals surface area contributed by atoms with Crippen LogP contribution in [-0.4, -0.2) is 18.7 Å². The van der Waals surface area contributed by atoms with Gasteiger partial charge in [0.25, 0.3) is 0 Å². The van der Waals surface area contributed by atoms with Crippen molar-refractivity contribution in [3.05, 3.63) is 47.8 Å². The summed E-state index contributed by atoms with van der Waals surface area (Å²) in [5.41, 5.74) is 3.17. The van der Waals surface area contributed by atoms with E-state index in [4.69, 9.17) is 9.47 Å². The molecule has 0 aliphatic heterocycles. The molecule has 1 aromatic carbocycles. The van der Waals surface area contributed by atoms with E-state index in [0.29, 0.717) is 6.61 Å². The zero-order valence-electron chi connectivity index (χ0n) is 15.5. The Labute approximate surface area is 150 Å². The molecule has 1 fully saturated rings. The largest absolute Gasteiger partial charge is 0.494 e. The summed E-state index contributed by atoms with van der Waals surface area (Å²) < 4.78 is 11.2. The van der Waals surface area contributed by atoms with Gasteiger partial charge in [0.2, 0.25) is 0 Å². The Hall–Kier alpha value is -2.23.